The van der Waals surface area contributed by atoms with Gasteiger partial charge in [-0.2, -0.15) is 0 Å². The largest absolute Gasteiger partial charge is 0.353 e. The Morgan fingerprint density at radius 3 is 2.52 bits per heavy atom. The summed E-state index contributed by atoms with van der Waals surface area (Å²) in [5, 5.41) is 2.92. The van der Waals surface area contributed by atoms with E-state index in [0.29, 0.717) is 6.54 Å². The smallest absolute Gasteiger partial charge is 0.328 e. The molecule has 3 rings (SSSR count). The molecule has 2 N–H and O–H groups in total. The Balaban J connectivity index is 1.65. The minimum atomic E-state index is -0.582. The van der Waals surface area contributed by atoms with Crippen LogP contribution in [0.15, 0.2) is 52.2 Å². The van der Waals surface area contributed by atoms with E-state index < -0.39 is 11.2 Å². The van der Waals surface area contributed by atoms with Crippen molar-refractivity contribution in [2.45, 2.75) is 25.4 Å². The predicted octanol–water partition coefficient (Wildman–Crippen LogP) is 0.490. The number of nitrogens with zero attached hydrogens (tertiary/aromatic N) is 2. The number of carbonyl (C=O) groups excluding carboxylic acids is 1. The van der Waals surface area contributed by atoms with Crippen molar-refractivity contribution in [3.8, 4) is 0 Å². The van der Waals surface area contributed by atoms with Crippen LogP contribution in [0, 0.1) is 0 Å². The lowest BCUT2D eigenvalue weighted by molar-refractivity contribution is -0.122. The highest BCUT2D eigenvalue weighted by Gasteiger charge is 2.23. The van der Waals surface area contributed by atoms with Gasteiger partial charge in [-0.1, -0.05) is 30.3 Å². The summed E-state index contributed by atoms with van der Waals surface area (Å²) in [7, 11) is 0. The number of likely N-dealkylation sites (tertiary alicyclic amines) is 1. The van der Waals surface area contributed by atoms with E-state index in [1.54, 1.807) is 0 Å². The van der Waals surface area contributed by atoms with Gasteiger partial charge in [0.2, 0.25) is 5.91 Å². The molecule has 7 heteroatoms. The van der Waals surface area contributed by atoms with Crippen molar-refractivity contribution < 1.29 is 4.79 Å². The number of aromatic amines is 1. The zero-order chi connectivity index (χ0) is 17.6. The number of benzene rings is 1. The molecule has 1 aromatic heterocycles. The average Bonchev–Trinajstić information content (AvgIpc) is 3.13. The Bertz CT molecular complexity index is 822. The maximum atomic E-state index is 12.2. The summed E-state index contributed by atoms with van der Waals surface area (Å²) in [6.07, 6.45) is 3.67. The molecule has 1 amide bonds. The van der Waals surface area contributed by atoms with Crippen LogP contribution in [0.1, 0.15) is 24.4 Å². The number of hydrogen-bond acceptors (Lipinski definition) is 4. The van der Waals surface area contributed by atoms with E-state index in [-0.39, 0.29) is 18.5 Å². The first-order chi connectivity index (χ1) is 12.1. The van der Waals surface area contributed by atoms with Crippen molar-refractivity contribution in [3.63, 3.8) is 0 Å². The summed E-state index contributed by atoms with van der Waals surface area (Å²) in [5.41, 5.74) is 0.118. The van der Waals surface area contributed by atoms with Gasteiger partial charge in [0.05, 0.1) is 6.04 Å². The van der Waals surface area contributed by atoms with E-state index in [2.05, 4.69) is 27.3 Å². The second kappa shape index (κ2) is 7.94. The summed E-state index contributed by atoms with van der Waals surface area (Å²) in [4.78, 5) is 39.5. The number of rotatable bonds is 6. The van der Waals surface area contributed by atoms with Gasteiger partial charge in [0.25, 0.3) is 5.56 Å². The predicted molar refractivity (Wildman–Crippen MR) is 94.3 cm³/mol. The van der Waals surface area contributed by atoms with E-state index in [1.165, 1.54) is 35.2 Å². The molecule has 1 aromatic carbocycles. The second-order valence-corrected chi connectivity index (χ2v) is 6.21. The Labute approximate surface area is 145 Å². The molecule has 0 radical (unpaired) electrons. The maximum Gasteiger partial charge on any atom is 0.328 e. The molecule has 0 aliphatic carbocycles. The van der Waals surface area contributed by atoms with E-state index in [9.17, 15) is 14.4 Å². The van der Waals surface area contributed by atoms with Crippen LogP contribution >= 0.6 is 0 Å². The van der Waals surface area contributed by atoms with Gasteiger partial charge in [0, 0.05) is 18.8 Å². The topological polar surface area (TPSA) is 87.2 Å². The Hall–Kier alpha value is -2.67. The fourth-order valence-electron chi connectivity index (χ4n) is 3.18. The normalized spacial score (nSPS) is 15.8. The quantitative estimate of drug-likeness (QED) is 0.800. The number of aromatic nitrogens is 2. The number of carbonyl (C=O) groups is 1. The molecule has 0 spiro atoms. The molecule has 1 aliphatic heterocycles. The standard InChI is InChI=1S/C18H22N4O3/c23-16-8-11-22(18(25)20-16)13-17(24)19-12-15(21-9-4-5-10-21)14-6-2-1-3-7-14/h1-3,6-8,11,15H,4-5,9-10,12-13H2,(H,19,24)(H,20,23,25)/t15-/m1/s1. The molecule has 1 fully saturated rings. The minimum Gasteiger partial charge on any atom is -0.353 e. The van der Waals surface area contributed by atoms with Crippen LogP contribution in [0.5, 0.6) is 0 Å². The highest BCUT2D eigenvalue weighted by atomic mass is 16.2. The third-order valence-corrected chi connectivity index (χ3v) is 4.47. The molecule has 1 atom stereocenters. The fourth-order valence-corrected chi connectivity index (χ4v) is 3.18. The van der Waals surface area contributed by atoms with Crippen LogP contribution in [-0.2, 0) is 11.3 Å². The number of H-pyrrole nitrogens is 1. The molecule has 7 nitrogen and oxygen atoms in total. The molecule has 132 valence electrons. The van der Waals surface area contributed by atoms with Crippen LogP contribution in [0.4, 0.5) is 0 Å². The van der Waals surface area contributed by atoms with E-state index in [0.717, 1.165) is 13.1 Å². The van der Waals surface area contributed by atoms with Crippen LogP contribution in [-0.4, -0.2) is 40.0 Å². The van der Waals surface area contributed by atoms with Crippen LogP contribution in [0.2, 0.25) is 0 Å². The number of nitrogens with one attached hydrogen (secondary N) is 2. The zero-order valence-corrected chi connectivity index (χ0v) is 14.0. The SMILES string of the molecule is O=C(Cn1ccc(=O)[nH]c1=O)NC[C@H](c1ccccc1)N1CCCC1. The van der Waals surface area contributed by atoms with Gasteiger partial charge >= 0.3 is 5.69 Å². The molecule has 1 aliphatic rings. The molecular formula is C18H22N4O3. The summed E-state index contributed by atoms with van der Waals surface area (Å²) in [5.74, 6) is -0.255. The highest BCUT2D eigenvalue weighted by molar-refractivity contribution is 5.75. The monoisotopic (exact) mass is 342 g/mol. The Morgan fingerprint density at radius 2 is 1.84 bits per heavy atom. The second-order valence-electron chi connectivity index (χ2n) is 6.21. The van der Waals surface area contributed by atoms with Gasteiger partial charge < -0.3 is 5.32 Å². The molecule has 2 aromatic rings. The number of amides is 1. The highest BCUT2D eigenvalue weighted by Crippen LogP contribution is 2.24. The van der Waals surface area contributed by atoms with Gasteiger partial charge in [-0.15, -0.1) is 0 Å². The zero-order valence-electron chi connectivity index (χ0n) is 14.0. The van der Waals surface area contributed by atoms with Crippen molar-refractivity contribution in [3.05, 3.63) is 69.0 Å². The van der Waals surface area contributed by atoms with E-state index in [4.69, 9.17) is 0 Å². The Kier molecular flexibility index (Phi) is 5.45. The third-order valence-electron chi connectivity index (χ3n) is 4.47. The molecule has 1 saturated heterocycles. The van der Waals surface area contributed by atoms with Crippen LogP contribution in [0.25, 0.3) is 0 Å². The minimum absolute atomic E-state index is 0.114. The molecular weight excluding hydrogens is 320 g/mol. The lowest BCUT2D eigenvalue weighted by atomic mass is 10.1. The molecule has 2 heterocycles. The third kappa shape index (κ3) is 4.45. The van der Waals surface area contributed by atoms with E-state index >= 15 is 0 Å². The van der Waals surface area contributed by atoms with Gasteiger partial charge in [-0.05, 0) is 31.5 Å². The van der Waals surface area contributed by atoms with Gasteiger partial charge in [0.15, 0.2) is 0 Å². The fraction of sp³-hybridized carbons (Fsp3) is 0.389. The maximum absolute atomic E-state index is 12.2. The van der Waals surface area contributed by atoms with Crippen molar-refractivity contribution in [2.24, 2.45) is 0 Å². The summed E-state index contributed by atoms with van der Waals surface area (Å²) in [6, 6.07) is 11.5. The number of hydrogen-bond donors (Lipinski definition) is 2. The van der Waals surface area contributed by atoms with Crippen molar-refractivity contribution in [1.29, 1.82) is 0 Å². The molecule has 0 bridgehead atoms. The average molecular weight is 342 g/mol. The van der Waals surface area contributed by atoms with Crippen molar-refractivity contribution in [2.75, 3.05) is 19.6 Å². The lowest BCUT2D eigenvalue weighted by Crippen LogP contribution is -2.40. The van der Waals surface area contributed by atoms with E-state index in [1.807, 2.05) is 18.2 Å². The summed E-state index contributed by atoms with van der Waals surface area (Å²) in [6.45, 7) is 2.42. The first-order valence-electron chi connectivity index (χ1n) is 8.49. The molecule has 0 unspecified atom stereocenters. The van der Waals surface area contributed by atoms with Gasteiger partial charge in [-0.3, -0.25) is 24.0 Å². The first kappa shape index (κ1) is 17.2. The molecule has 0 saturated carbocycles. The summed E-state index contributed by atoms with van der Waals surface area (Å²) < 4.78 is 1.18. The van der Waals surface area contributed by atoms with Gasteiger partial charge in [-0.25, -0.2) is 4.79 Å². The first-order valence-corrected chi connectivity index (χ1v) is 8.49. The Morgan fingerprint density at radius 1 is 1.12 bits per heavy atom. The summed E-state index contributed by atoms with van der Waals surface area (Å²) >= 11 is 0. The lowest BCUT2D eigenvalue weighted by Gasteiger charge is -2.28. The van der Waals surface area contributed by atoms with Crippen molar-refractivity contribution >= 4 is 5.91 Å². The van der Waals surface area contributed by atoms with Crippen LogP contribution in [0.3, 0.4) is 0 Å². The van der Waals surface area contributed by atoms with Crippen LogP contribution < -0.4 is 16.6 Å². The van der Waals surface area contributed by atoms with Gasteiger partial charge in [0.1, 0.15) is 6.54 Å². The molecule has 25 heavy (non-hydrogen) atoms. The van der Waals surface area contributed by atoms with Crippen molar-refractivity contribution in [1.82, 2.24) is 19.8 Å².